The van der Waals surface area contributed by atoms with E-state index in [4.69, 9.17) is 11.6 Å². The van der Waals surface area contributed by atoms with Crippen molar-refractivity contribution >= 4 is 33.0 Å². The van der Waals surface area contributed by atoms with Gasteiger partial charge in [0.15, 0.2) is 0 Å². The van der Waals surface area contributed by atoms with Gasteiger partial charge in [-0.3, -0.25) is 0 Å². The molecule has 0 radical (unpaired) electrons. The molecule has 4 rings (SSSR count). The number of nitrogens with zero attached hydrogens (tertiary/aromatic N) is 3. The van der Waals surface area contributed by atoms with Crippen LogP contribution < -0.4 is 5.32 Å². The van der Waals surface area contributed by atoms with Gasteiger partial charge < -0.3 is 5.32 Å². The summed E-state index contributed by atoms with van der Waals surface area (Å²) in [6.07, 6.45) is 8.45. The number of aromatic nitrogens is 3. The van der Waals surface area contributed by atoms with E-state index in [2.05, 4.69) is 15.4 Å². The van der Waals surface area contributed by atoms with Gasteiger partial charge in [0, 0.05) is 16.6 Å². The monoisotopic (exact) mass is 332 g/mol. The van der Waals surface area contributed by atoms with Crippen LogP contribution in [0.3, 0.4) is 0 Å². The van der Waals surface area contributed by atoms with E-state index >= 15 is 0 Å². The third kappa shape index (κ3) is 2.83. The molecule has 0 atom stereocenters. The minimum Gasteiger partial charge on any atom is -0.357 e. The number of hydrogen-bond acceptors (Lipinski definition) is 4. The second kappa shape index (κ2) is 5.89. The molecular weight excluding hydrogens is 316 g/mol. The molecule has 1 N–H and O–H groups in total. The highest BCUT2D eigenvalue weighted by Gasteiger charge is 2.16. The lowest BCUT2D eigenvalue weighted by atomic mass is 9.96. The molecule has 6 heteroatoms. The first kappa shape index (κ1) is 14.0. The zero-order valence-corrected chi connectivity index (χ0v) is 13.7. The molecule has 114 valence electrons. The van der Waals surface area contributed by atoms with Crippen LogP contribution in [-0.4, -0.2) is 20.6 Å². The molecule has 3 aromatic rings. The number of anilines is 1. The number of imidazole rings is 1. The molecule has 4 nitrogen and oxygen atoms in total. The minimum atomic E-state index is 0.567. The fraction of sp³-hybridized carbons (Fsp3) is 0.375. The average molecular weight is 333 g/mol. The lowest BCUT2D eigenvalue weighted by molar-refractivity contribution is 0.462. The zero-order chi connectivity index (χ0) is 14.9. The van der Waals surface area contributed by atoms with E-state index in [-0.39, 0.29) is 0 Å². The van der Waals surface area contributed by atoms with E-state index < -0.39 is 0 Å². The number of rotatable bonds is 3. The van der Waals surface area contributed by atoms with Crippen molar-refractivity contribution in [1.82, 2.24) is 14.6 Å². The summed E-state index contributed by atoms with van der Waals surface area (Å²) in [7, 11) is 0. The molecule has 1 fully saturated rings. The number of halogens is 1. The van der Waals surface area contributed by atoms with Crippen LogP contribution in [0.1, 0.15) is 32.1 Å². The first-order valence-electron chi connectivity index (χ1n) is 7.67. The van der Waals surface area contributed by atoms with Crippen LogP contribution in [0.15, 0.2) is 30.5 Å². The van der Waals surface area contributed by atoms with Crippen LogP contribution in [0.5, 0.6) is 0 Å². The van der Waals surface area contributed by atoms with Crippen molar-refractivity contribution in [3.8, 4) is 11.3 Å². The Morgan fingerprint density at radius 3 is 2.86 bits per heavy atom. The maximum atomic E-state index is 6.04. The van der Waals surface area contributed by atoms with Gasteiger partial charge in [0.25, 0.3) is 0 Å². The van der Waals surface area contributed by atoms with E-state index in [0.29, 0.717) is 6.04 Å². The molecular formula is C16H17ClN4S. The highest BCUT2D eigenvalue weighted by molar-refractivity contribution is 7.20. The van der Waals surface area contributed by atoms with Crippen molar-refractivity contribution in [2.75, 3.05) is 5.32 Å². The maximum absolute atomic E-state index is 6.04. The molecule has 0 aliphatic heterocycles. The van der Waals surface area contributed by atoms with Crippen molar-refractivity contribution in [2.24, 2.45) is 0 Å². The predicted molar refractivity (Wildman–Crippen MR) is 91.8 cm³/mol. The van der Waals surface area contributed by atoms with Gasteiger partial charge in [-0.15, -0.1) is 5.10 Å². The topological polar surface area (TPSA) is 42.2 Å². The summed E-state index contributed by atoms with van der Waals surface area (Å²) in [5, 5.41) is 9.84. The first-order valence-corrected chi connectivity index (χ1v) is 8.86. The summed E-state index contributed by atoms with van der Waals surface area (Å²) in [6.45, 7) is 0. The van der Waals surface area contributed by atoms with Gasteiger partial charge in [-0.2, -0.15) is 0 Å². The third-order valence-corrected chi connectivity index (χ3v) is 5.19. The Kier molecular flexibility index (Phi) is 3.76. The van der Waals surface area contributed by atoms with E-state index in [0.717, 1.165) is 26.4 Å². The molecule has 0 bridgehead atoms. The number of fused-ring (bicyclic) bond motifs is 1. The van der Waals surface area contributed by atoms with Crippen molar-refractivity contribution in [3.05, 3.63) is 35.5 Å². The highest BCUT2D eigenvalue weighted by atomic mass is 35.5. The summed E-state index contributed by atoms with van der Waals surface area (Å²) < 4.78 is 1.85. The number of hydrogen-bond donors (Lipinski definition) is 1. The van der Waals surface area contributed by atoms with E-state index in [1.54, 1.807) is 11.3 Å². The standard InChI is InChI=1S/C16H17ClN4S/c17-12-6-4-5-11(9-12)14-10-21-16(19-14)22-15(20-21)18-13-7-2-1-3-8-13/h4-6,9-10,13H,1-3,7-8H2,(H,18,20). The third-order valence-electron chi connectivity index (χ3n) is 4.10. The van der Waals surface area contributed by atoms with Crippen molar-refractivity contribution < 1.29 is 0 Å². The zero-order valence-electron chi connectivity index (χ0n) is 12.1. The molecule has 2 aromatic heterocycles. The van der Waals surface area contributed by atoms with Crippen LogP contribution in [0, 0.1) is 0 Å². The Labute approximate surface area is 138 Å². The Bertz CT molecular complexity index is 757. The van der Waals surface area contributed by atoms with Crippen molar-refractivity contribution in [3.63, 3.8) is 0 Å². The minimum absolute atomic E-state index is 0.567. The number of benzene rings is 1. The van der Waals surface area contributed by atoms with E-state index in [1.165, 1.54) is 32.1 Å². The number of nitrogens with one attached hydrogen (secondary N) is 1. The van der Waals surface area contributed by atoms with Gasteiger partial charge in [0.2, 0.25) is 10.1 Å². The van der Waals surface area contributed by atoms with Gasteiger partial charge >= 0.3 is 0 Å². The molecule has 1 saturated carbocycles. The smallest absolute Gasteiger partial charge is 0.214 e. The van der Waals surface area contributed by atoms with Gasteiger partial charge in [-0.1, -0.05) is 54.3 Å². The molecule has 2 heterocycles. The van der Waals surface area contributed by atoms with Crippen molar-refractivity contribution in [1.29, 1.82) is 0 Å². The first-order chi connectivity index (χ1) is 10.8. The predicted octanol–water partition coefficient (Wildman–Crippen LogP) is 4.86. The molecule has 0 saturated heterocycles. The van der Waals surface area contributed by atoms with Gasteiger partial charge in [-0.25, -0.2) is 9.50 Å². The van der Waals surface area contributed by atoms with Crippen LogP contribution >= 0.6 is 22.9 Å². The summed E-state index contributed by atoms with van der Waals surface area (Å²) >= 11 is 7.65. The molecule has 22 heavy (non-hydrogen) atoms. The fourth-order valence-corrected chi connectivity index (χ4v) is 4.02. The normalized spacial score (nSPS) is 16.2. The lowest BCUT2D eigenvalue weighted by Gasteiger charge is -2.21. The van der Waals surface area contributed by atoms with Gasteiger partial charge in [0.1, 0.15) is 0 Å². The Hall–Kier alpha value is -1.59. The quantitative estimate of drug-likeness (QED) is 0.745. The Morgan fingerprint density at radius 1 is 1.23 bits per heavy atom. The second-order valence-corrected chi connectivity index (χ2v) is 7.14. The molecule has 0 spiro atoms. The van der Waals surface area contributed by atoms with Crippen LogP contribution in [0.25, 0.3) is 16.2 Å². The van der Waals surface area contributed by atoms with Crippen LogP contribution in [0.2, 0.25) is 5.02 Å². The van der Waals surface area contributed by atoms with Crippen molar-refractivity contribution in [2.45, 2.75) is 38.1 Å². The molecule has 0 unspecified atom stereocenters. The largest absolute Gasteiger partial charge is 0.357 e. The summed E-state index contributed by atoms with van der Waals surface area (Å²) in [5.74, 6) is 0. The Morgan fingerprint density at radius 2 is 2.09 bits per heavy atom. The van der Waals surface area contributed by atoms with E-state index in [1.807, 2.05) is 35.0 Å². The summed E-state index contributed by atoms with van der Waals surface area (Å²) in [4.78, 5) is 5.57. The summed E-state index contributed by atoms with van der Waals surface area (Å²) in [6, 6.07) is 8.31. The molecule has 1 aliphatic carbocycles. The van der Waals surface area contributed by atoms with Crippen LogP contribution in [0.4, 0.5) is 5.13 Å². The summed E-state index contributed by atoms with van der Waals surface area (Å²) in [5.41, 5.74) is 1.93. The Balaban J connectivity index is 1.57. The van der Waals surface area contributed by atoms with E-state index in [9.17, 15) is 0 Å². The fourth-order valence-electron chi connectivity index (χ4n) is 2.97. The molecule has 1 aliphatic rings. The van der Waals surface area contributed by atoms with Gasteiger partial charge in [-0.05, 0) is 25.0 Å². The highest BCUT2D eigenvalue weighted by Crippen LogP contribution is 2.28. The van der Waals surface area contributed by atoms with Gasteiger partial charge in [0.05, 0.1) is 11.9 Å². The lowest BCUT2D eigenvalue weighted by Crippen LogP contribution is -2.22. The molecule has 1 aromatic carbocycles. The maximum Gasteiger partial charge on any atom is 0.214 e. The molecule has 0 amide bonds. The second-order valence-electron chi connectivity index (χ2n) is 5.75. The van der Waals surface area contributed by atoms with Crippen LogP contribution in [-0.2, 0) is 0 Å². The SMILES string of the molecule is Clc1cccc(-c2cn3nc(NC4CCCCC4)sc3n2)c1. The average Bonchev–Trinajstić information content (AvgIpc) is 3.06.